The zero-order valence-electron chi connectivity index (χ0n) is 10.6. The van der Waals surface area contributed by atoms with E-state index >= 15 is 0 Å². The molecule has 0 rings (SSSR count). The minimum atomic E-state index is -0.736. The van der Waals surface area contributed by atoms with Crippen LogP contribution in [-0.4, -0.2) is 23.7 Å². The summed E-state index contributed by atoms with van der Waals surface area (Å²) < 4.78 is 0. The van der Waals surface area contributed by atoms with Gasteiger partial charge in [0.05, 0.1) is 6.42 Å². The molecule has 0 aromatic carbocycles. The summed E-state index contributed by atoms with van der Waals surface area (Å²) in [5, 5.41) is 11.9. The molecule has 0 spiro atoms. The van der Waals surface area contributed by atoms with Crippen molar-refractivity contribution in [1.82, 2.24) is 5.32 Å². The van der Waals surface area contributed by atoms with Gasteiger partial charge in [0.15, 0.2) is 0 Å². The summed E-state index contributed by atoms with van der Waals surface area (Å²) >= 11 is 0. The monoisotopic (exact) mass is 215 g/mol. The lowest BCUT2D eigenvalue weighted by Gasteiger charge is -2.26. The largest absolute Gasteiger partial charge is 0.481 e. The molecule has 0 saturated heterocycles. The van der Waals surface area contributed by atoms with E-state index in [0.717, 1.165) is 6.54 Å². The molecule has 0 bridgehead atoms. The smallest absolute Gasteiger partial charge is 0.304 e. The molecule has 1 unspecified atom stereocenters. The van der Waals surface area contributed by atoms with Crippen LogP contribution in [0.3, 0.4) is 0 Å². The molecule has 3 nitrogen and oxygen atoms in total. The third kappa shape index (κ3) is 6.50. The van der Waals surface area contributed by atoms with E-state index in [1.54, 1.807) is 0 Å². The fourth-order valence-corrected chi connectivity index (χ4v) is 1.91. The van der Waals surface area contributed by atoms with E-state index in [-0.39, 0.29) is 12.5 Å². The second-order valence-electron chi connectivity index (χ2n) is 5.06. The summed E-state index contributed by atoms with van der Waals surface area (Å²) in [7, 11) is 0. The zero-order chi connectivity index (χ0) is 12.0. The molecule has 2 N–H and O–H groups in total. The molecule has 1 atom stereocenters. The molecule has 0 aromatic rings. The van der Waals surface area contributed by atoms with Gasteiger partial charge in [-0.1, -0.05) is 27.7 Å². The molecule has 3 heteroatoms. The lowest BCUT2D eigenvalue weighted by Crippen LogP contribution is -2.36. The van der Waals surface area contributed by atoms with Crippen LogP contribution in [0.25, 0.3) is 0 Å². The van der Waals surface area contributed by atoms with E-state index in [9.17, 15) is 4.79 Å². The van der Waals surface area contributed by atoms with Crippen LogP contribution in [0.4, 0.5) is 0 Å². The van der Waals surface area contributed by atoms with Crippen LogP contribution in [-0.2, 0) is 4.79 Å². The van der Waals surface area contributed by atoms with Crippen LogP contribution >= 0.6 is 0 Å². The van der Waals surface area contributed by atoms with Gasteiger partial charge in [0, 0.05) is 6.04 Å². The molecule has 15 heavy (non-hydrogen) atoms. The molecule has 0 fully saturated rings. The fourth-order valence-electron chi connectivity index (χ4n) is 1.91. The molecule has 0 aliphatic rings. The first-order valence-corrected chi connectivity index (χ1v) is 5.79. The van der Waals surface area contributed by atoms with Gasteiger partial charge >= 0.3 is 5.97 Å². The number of hydrogen-bond acceptors (Lipinski definition) is 2. The molecule has 0 aromatic heterocycles. The van der Waals surface area contributed by atoms with Crippen molar-refractivity contribution in [2.75, 3.05) is 6.54 Å². The fraction of sp³-hybridized carbons (Fsp3) is 0.917. The Kier molecular flexibility index (Phi) is 6.57. The van der Waals surface area contributed by atoms with Crippen LogP contribution < -0.4 is 5.32 Å². The molecular weight excluding hydrogens is 190 g/mol. The third-order valence-electron chi connectivity index (χ3n) is 2.90. The van der Waals surface area contributed by atoms with E-state index in [4.69, 9.17) is 5.11 Å². The maximum atomic E-state index is 10.5. The second kappa shape index (κ2) is 6.83. The number of nitrogens with one attached hydrogen (secondary N) is 1. The van der Waals surface area contributed by atoms with Crippen LogP contribution in [0.2, 0.25) is 0 Å². The van der Waals surface area contributed by atoms with E-state index < -0.39 is 5.97 Å². The third-order valence-corrected chi connectivity index (χ3v) is 2.90. The van der Waals surface area contributed by atoms with Gasteiger partial charge in [-0.15, -0.1) is 0 Å². The van der Waals surface area contributed by atoms with Crippen molar-refractivity contribution in [2.24, 2.45) is 17.8 Å². The van der Waals surface area contributed by atoms with Gasteiger partial charge in [0.1, 0.15) is 0 Å². The molecule has 0 radical (unpaired) electrons. The second-order valence-corrected chi connectivity index (χ2v) is 5.06. The van der Waals surface area contributed by atoms with Gasteiger partial charge in [0.2, 0.25) is 0 Å². The van der Waals surface area contributed by atoms with E-state index in [0.29, 0.717) is 17.8 Å². The molecule has 0 heterocycles. The summed E-state index contributed by atoms with van der Waals surface area (Å²) in [6.45, 7) is 11.7. The van der Waals surface area contributed by atoms with Gasteiger partial charge in [-0.25, -0.2) is 0 Å². The lowest BCUT2D eigenvalue weighted by atomic mass is 9.85. The maximum Gasteiger partial charge on any atom is 0.304 e. The predicted octanol–water partition coefficient (Wildman–Crippen LogP) is 2.37. The minimum absolute atomic E-state index is 0.0579. The molecule has 0 aliphatic carbocycles. The van der Waals surface area contributed by atoms with E-state index in [1.165, 1.54) is 0 Å². The summed E-state index contributed by atoms with van der Waals surface area (Å²) in [5.74, 6) is 1.14. The van der Waals surface area contributed by atoms with Gasteiger partial charge in [-0.2, -0.15) is 0 Å². The first-order valence-electron chi connectivity index (χ1n) is 5.79. The van der Waals surface area contributed by atoms with Crippen LogP contribution in [0.1, 0.15) is 41.0 Å². The highest BCUT2D eigenvalue weighted by molar-refractivity contribution is 5.67. The topological polar surface area (TPSA) is 49.3 Å². The lowest BCUT2D eigenvalue weighted by molar-refractivity contribution is -0.137. The standard InChI is InChI=1S/C12H25NO2/c1-8(2)11(9(3)4)7-13-10(5)6-12(14)15/h8-11,13H,6-7H2,1-5H3,(H,14,15). The van der Waals surface area contributed by atoms with Crippen molar-refractivity contribution >= 4 is 5.97 Å². The first kappa shape index (κ1) is 14.4. The van der Waals surface area contributed by atoms with Crippen LogP contribution in [0.5, 0.6) is 0 Å². The predicted molar refractivity (Wildman–Crippen MR) is 62.9 cm³/mol. The molecular formula is C12H25NO2. The van der Waals surface area contributed by atoms with Crippen molar-refractivity contribution in [3.63, 3.8) is 0 Å². The summed E-state index contributed by atoms with van der Waals surface area (Å²) in [6, 6.07) is 0.0579. The Labute approximate surface area is 93.3 Å². The average Bonchev–Trinajstić information content (AvgIpc) is 2.00. The Morgan fingerprint density at radius 2 is 1.60 bits per heavy atom. The van der Waals surface area contributed by atoms with Crippen LogP contribution in [0.15, 0.2) is 0 Å². The summed E-state index contributed by atoms with van der Waals surface area (Å²) in [5.41, 5.74) is 0. The zero-order valence-corrected chi connectivity index (χ0v) is 10.6. The van der Waals surface area contributed by atoms with Crippen molar-refractivity contribution in [1.29, 1.82) is 0 Å². The Morgan fingerprint density at radius 3 is 1.93 bits per heavy atom. The number of rotatable bonds is 7. The Balaban J connectivity index is 3.94. The van der Waals surface area contributed by atoms with Crippen molar-refractivity contribution in [3.05, 3.63) is 0 Å². The normalized spacial score (nSPS) is 13.9. The molecule has 90 valence electrons. The molecule has 0 amide bonds. The van der Waals surface area contributed by atoms with E-state index in [2.05, 4.69) is 33.0 Å². The van der Waals surface area contributed by atoms with E-state index in [1.807, 2.05) is 6.92 Å². The van der Waals surface area contributed by atoms with Gasteiger partial charge in [-0.3, -0.25) is 4.79 Å². The average molecular weight is 215 g/mol. The SMILES string of the molecule is CC(CC(=O)O)NCC(C(C)C)C(C)C. The van der Waals surface area contributed by atoms with Crippen molar-refractivity contribution in [2.45, 2.75) is 47.1 Å². The number of carbonyl (C=O) groups is 1. The minimum Gasteiger partial charge on any atom is -0.481 e. The highest BCUT2D eigenvalue weighted by Gasteiger charge is 2.18. The van der Waals surface area contributed by atoms with Gasteiger partial charge < -0.3 is 10.4 Å². The number of carboxylic acids is 1. The Hall–Kier alpha value is -0.570. The Bertz CT molecular complexity index is 182. The highest BCUT2D eigenvalue weighted by Crippen LogP contribution is 2.19. The van der Waals surface area contributed by atoms with Crippen LogP contribution in [0, 0.1) is 17.8 Å². The number of hydrogen-bond donors (Lipinski definition) is 2. The summed E-state index contributed by atoms with van der Waals surface area (Å²) in [6.07, 6.45) is 0.197. The highest BCUT2D eigenvalue weighted by atomic mass is 16.4. The van der Waals surface area contributed by atoms with Gasteiger partial charge in [0.25, 0.3) is 0 Å². The summed E-state index contributed by atoms with van der Waals surface area (Å²) in [4.78, 5) is 10.5. The maximum absolute atomic E-state index is 10.5. The molecule has 0 aliphatic heterocycles. The first-order chi connectivity index (χ1) is 6.84. The van der Waals surface area contributed by atoms with Crippen molar-refractivity contribution < 1.29 is 9.90 Å². The number of carboxylic acid groups (broad SMARTS) is 1. The quantitative estimate of drug-likeness (QED) is 0.685. The Morgan fingerprint density at radius 1 is 1.13 bits per heavy atom. The molecule has 0 saturated carbocycles. The van der Waals surface area contributed by atoms with Crippen molar-refractivity contribution in [3.8, 4) is 0 Å². The van der Waals surface area contributed by atoms with Gasteiger partial charge in [-0.05, 0) is 31.2 Å². The number of aliphatic carboxylic acids is 1.